The van der Waals surface area contributed by atoms with Gasteiger partial charge in [-0.05, 0) is 45.2 Å². The Balaban J connectivity index is 0.00000121. The van der Waals surface area contributed by atoms with Crippen molar-refractivity contribution in [3.63, 3.8) is 0 Å². The topological polar surface area (TPSA) is 88.2 Å². The maximum absolute atomic E-state index is 12.2. The molecule has 4 rings (SSSR count). The summed E-state index contributed by atoms with van der Waals surface area (Å²) in [6, 6.07) is 0. The molecule has 9 heteroatoms. The van der Waals surface area contributed by atoms with Gasteiger partial charge in [-0.2, -0.15) is 0 Å². The molecule has 0 spiro atoms. The molecule has 1 saturated heterocycles. The molecule has 3 heterocycles. The Morgan fingerprint density at radius 2 is 1.92 bits per heavy atom. The van der Waals surface area contributed by atoms with Gasteiger partial charge in [0, 0.05) is 31.7 Å². The highest BCUT2D eigenvalue weighted by Gasteiger charge is 2.34. The summed E-state index contributed by atoms with van der Waals surface area (Å²) in [5, 5.41) is 9.75. The van der Waals surface area contributed by atoms with Gasteiger partial charge in [0.05, 0.1) is 5.60 Å². The van der Waals surface area contributed by atoms with Crippen LogP contribution in [-0.4, -0.2) is 54.8 Å². The summed E-state index contributed by atoms with van der Waals surface area (Å²) < 4.78 is 5.83. The van der Waals surface area contributed by atoms with E-state index >= 15 is 0 Å². The van der Waals surface area contributed by atoms with Crippen LogP contribution >= 0.6 is 24.8 Å². The molecule has 0 radical (unpaired) electrons. The molecule has 3 aliphatic rings. The molecular weight excluding hydrogens is 377 g/mol. The summed E-state index contributed by atoms with van der Waals surface area (Å²) in [6.45, 7) is 3.28. The van der Waals surface area contributed by atoms with Gasteiger partial charge < -0.3 is 20.7 Å². The monoisotopic (exact) mass is 403 g/mol. The number of carbonyl (C=O) groups is 1. The Hall–Kier alpha value is -1.15. The Morgan fingerprint density at radius 3 is 2.58 bits per heavy atom. The first-order valence-corrected chi connectivity index (χ1v) is 8.89. The lowest BCUT2D eigenvalue weighted by Gasteiger charge is -2.37. The fraction of sp³-hybridized carbons (Fsp3) is 0.706. The number of anilines is 1. The van der Waals surface area contributed by atoms with Gasteiger partial charge in [-0.3, -0.25) is 4.79 Å². The number of piperidine rings is 1. The number of nitrogens with one attached hydrogen (secondary N) is 3. The van der Waals surface area contributed by atoms with Crippen LogP contribution in [-0.2, 0) is 11.2 Å². The second-order valence-corrected chi connectivity index (χ2v) is 7.03. The lowest BCUT2D eigenvalue weighted by molar-refractivity contribution is -0.0227. The quantitative estimate of drug-likeness (QED) is 0.692. The van der Waals surface area contributed by atoms with Crippen LogP contribution in [0.25, 0.3) is 0 Å². The lowest BCUT2D eigenvalue weighted by atomic mass is 9.92. The van der Waals surface area contributed by atoms with Crippen LogP contribution in [0.2, 0.25) is 0 Å². The van der Waals surface area contributed by atoms with Gasteiger partial charge in [-0.1, -0.05) is 0 Å². The number of hydrogen-bond donors (Lipinski definition) is 3. The summed E-state index contributed by atoms with van der Waals surface area (Å²) in [6.07, 6.45) is 4.95. The van der Waals surface area contributed by atoms with Crippen molar-refractivity contribution in [1.82, 2.24) is 20.6 Å². The van der Waals surface area contributed by atoms with Gasteiger partial charge in [0.2, 0.25) is 0 Å². The van der Waals surface area contributed by atoms with E-state index in [0.717, 1.165) is 62.4 Å². The van der Waals surface area contributed by atoms with E-state index < -0.39 is 0 Å². The van der Waals surface area contributed by atoms with Crippen molar-refractivity contribution in [2.24, 2.45) is 0 Å². The lowest BCUT2D eigenvalue weighted by Crippen LogP contribution is -2.48. The van der Waals surface area contributed by atoms with Crippen LogP contribution in [0.4, 0.5) is 5.82 Å². The average molecular weight is 404 g/mol. The van der Waals surface area contributed by atoms with Crippen LogP contribution < -0.4 is 16.0 Å². The van der Waals surface area contributed by atoms with E-state index in [0.29, 0.717) is 24.7 Å². The molecule has 3 N–H and O–H groups in total. The van der Waals surface area contributed by atoms with Crippen molar-refractivity contribution >= 4 is 36.5 Å². The van der Waals surface area contributed by atoms with Crippen molar-refractivity contribution in [2.75, 3.05) is 38.6 Å². The zero-order valence-corrected chi connectivity index (χ0v) is 16.6. The Morgan fingerprint density at radius 1 is 1.19 bits per heavy atom. The molecule has 1 aromatic heterocycles. The highest BCUT2D eigenvalue weighted by molar-refractivity contribution is 5.96. The first kappa shape index (κ1) is 21.2. The fourth-order valence-electron chi connectivity index (χ4n) is 3.56. The molecule has 1 aliphatic carbocycles. The van der Waals surface area contributed by atoms with Crippen LogP contribution in [0.1, 0.15) is 53.5 Å². The van der Waals surface area contributed by atoms with Crippen LogP contribution in [0.5, 0.6) is 0 Å². The zero-order chi connectivity index (χ0) is 16.6. The molecule has 0 aromatic carbocycles. The van der Waals surface area contributed by atoms with Crippen molar-refractivity contribution in [3.05, 3.63) is 17.1 Å². The van der Waals surface area contributed by atoms with E-state index in [1.54, 1.807) is 7.11 Å². The molecule has 2 fully saturated rings. The number of nitrogens with zero attached hydrogens (tertiary/aromatic N) is 2. The number of halogens is 2. The number of ether oxygens (including phenoxy) is 1. The van der Waals surface area contributed by atoms with Crippen LogP contribution in [0, 0.1) is 0 Å². The molecule has 7 nitrogen and oxygen atoms in total. The fourth-order valence-corrected chi connectivity index (χ4v) is 3.56. The molecule has 0 bridgehead atoms. The first-order valence-electron chi connectivity index (χ1n) is 8.89. The smallest absolute Gasteiger partial charge is 0.270 e. The molecule has 1 amide bonds. The predicted molar refractivity (Wildman–Crippen MR) is 105 cm³/mol. The van der Waals surface area contributed by atoms with Crippen molar-refractivity contribution < 1.29 is 9.53 Å². The third-order valence-electron chi connectivity index (χ3n) is 5.37. The summed E-state index contributed by atoms with van der Waals surface area (Å²) in [5.41, 5.74) is 1.33. The van der Waals surface area contributed by atoms with Gasteiger partial charge in [-0.25, -0.2) is 9.97 Å². The second-order valence-electron chi connectivity index (χ2n) is 7.03. The molecule has 2 aliphatic heterocycles. The Labute approximate surface area is 166 Å². The summed E-state index contributed by atoms with van der Waals surface area (Å²) in [5.74, 6) is 1.98. The third-order valence-corrected chi connectivity index (χ3v) is 5.37. The number of carbonyl (C=O) groups excluding carboxylic acids is 1. The molecule has 1 aromatic rings. The van der Waals surface area contributed by atoms with E-state index in [1.165, 1.54) is 0 Å². The average Bonchev–Trinajstić information content (AvgIpc) is 3.46. The van der Waals surface area contributed by atoms with E-state index in [2.05, 4.69) is 20.9 Å². The highest BCUT2D eigenvalue weighted by Crippen LogP contribution is 2.39. The van der Waals surface area contributed by atoms with E-state index in [4.69, 9.17) is 9.72 Å². The normalized spacial score (nSPS) is 20.9. The molecular formula is C17H27Cl2N5O2. The number of fused-ring (bicyclic) bond motifs is 1. The summed E-state index contributed by atoms with van der Waals surface area (Å²) in [7, 11) is 1.78. The van der Waals surface area contributed by atoms with Crippen molar-refractivity contribution in [2.45, 2.75) is 43.6 Å². The minimum Gasteiger partial charge on any atom is -0.376 e. The third kappa shape index (κ3) is 4.22. The largest absolute Gasteiger partial charge is 0.376 e. The minimum atomic E-state index is -0.167. The van der Waals surface area contributed by atoms with Gasteiger partial charge in [0.1, 0.15) is 17.3 Å². The summed E-state index contributed by atoms with van der Waals surface area (Å²) in [4.78, 5) is 21.5. The molecule has 26 heavy (non-hydrogen) atoms. The van der Waals surface area contributed by atoms with Crippen LogP contribution in [0.3, 0.4) is 0 Å². The number of amides is 1. The molecule has 146 valence electrons. The van der Waals surface area contributed by atoms with Crippen molar-refractivity contribution in [1.29, 1.82) is 0 Å². The van der Waals surface area contributed by atoms with E-state index in [9.17, 15) is 4.79 Å². The standard InChI is InChI=1S/C17H25N5O2.2ClH/c1-24-17(5-8-18-9-6-17)10-20-15-12-4-7-19-16(23)13(12)21-14(22-15)11-2-3-11;;/h11,18H,2-10H2,1H3,(H,19,23)(H,20,21,22);2*1H. The van der Waals surface area contributed by atoms with E-state index in [1.807, 2.05) is 0 Å². The minimum absolute atomic E-state index is 0. The number of hydrogen-bond acceptors (Lipinski definition) is 6. The van der Waals surface area contributed by atoms with Gasteiger partial charge in [-0.15, -0.1) is 24.8 Å². The Kier molecular flexibility index (Phi) is 7.07. The number of rotatable bonds is 5. The first-order chi connectivity index (χ1) is 11.7. The number of methoxy groups -OCH3 is 1. The maximum atomic E-state index is 12.2. The van der Waals surface area contributed by atoms with E-state index in [-0.39, 0.29) is 36.3 Å². The number of aromatic nitrogens is 2. The summed E-state index contributed by atoms with van der Waals surface area (Å²) >= 11 is 0. The van der Waals surface area contributed by atoms with Crippen LogP contribution in [0.15, 0.2) is 0 Å². The molecule has 0 atom stereocenters. The SMILES string of the molecule is COC1(CNc2nc(C3CC3)nc3c2CCNC3=O)CCNCC1.Cl.Cl. The van der Waals surface area contributed by atoms with Gasteiger partial charge in [0.15, 0.2) is 0 Å². The van der Waals surface area contributed by atoms with Gasteiger partial charge >= 0.3 is 0 Å². The predicted octanol–water partition coefficient (Wildman–Crippen LogP) is 1.66. The Bertz CT molecular complexity index is 648. The molecule has 1 saturated carbocycles. The van der Waals surface area contributed by atoms with Crippen molar-refractivity contribution in [3.8, 4) is 0 Å². The molecule has 0 unspecified atom stereocenters. The highest BCUT2D eigenvalue weighted by atomic mass is 35.5. The maximum Gasteiger partial charge on any atom is 0.270 e. The second kappa shape index (κ2) is 8.69. The van der Waals surface area contributed by atoms with Gasteiger partial charge in [0.25, 0.3) is 5.91 Å². The zero-order valence-electron chi connectivity index (χ0n) is 15.0.